The molecule has 0 saturated carbocycles. The van der Waals surface area contributed by atoms with Gasteiger partial charge in [-0.15, -0.1) is 0 Å². The Morgan fingerprint density at radius 2 is 1.86 bits per heavy atom. The fourth-order valence-electron chi connectivity index (χ4n) is 3.15. The second-order valence-electron chi connectivity index (χ2n) is 6.63. The monoisotopic (exact) mass is 471 g/mol. The Morgan fingerprint density at radius 1 is 1.17 bits per heavy atom. The van der Waals surface area contributed by atoms with Gasteiger partial charge in [-0.05, 0) is 53.4 Å². The molecule has 0 amide bonds. The molecule has 0 aromatic heterocycles. The van der Waals surface area contributed by atoms with Gasteiger partial charge in [-0.1, -0.05) is 0 Å². The number of halogens is 4. The Morgan fingerprint density at radius 3 is 2.48 bits per heavy atom. The maximum Gasteiger partial charge on any atom is 0.416 e. The smallest absolute Gasteiger partial charge is 0.416 e. The first-order valence-corrected chi connectivity index (χ1v) is 9.63. The zero-order valence-corrected chi connectivity index (χ0v) is 16.7. The molecular formula is C19H17BrF3N3O3. The largest absolute Gasteiger partial charge is 0.506 e. The van der Waals surface area contributed by atoms with Gasteiger partial charge in [0.15, 0.2) is 0 Å². The number of nitro groups is 1. The molecule has 1 N–H and O–H groups in total. The van der Waals surface area contributed by atoms with Gasteiger partial charge in [-0.3, -0.25) is 15.1 Å². The lowest BCUT2D eigenvalue weighted by Gasteiger charge is -2.30. The van der Waals surface area contributed by atoms with E-state index in [0.717, 1.165) is 49.7 Å². The Hall–Kier alpha value is -2.62. The molecule has 10 heteroatoms. The van der Waals surface area contributed by atoms with Crippen LogP contribution in [0.5, 0.6) is 5.75 Å². The van der Waals surface area contributed by atoms with Gasteiger partial charge in [0.1, 0.15) is 5.75 Å². The van der Waals surface area contributed by atoms with Crippen LogP contribution in [0.25, 0.3) is 0 Å². The molecule has 1 saturated heterocycles. The second-order valence-corrected chi connectivity index (χ2v) is 7.48. The first-order chi connectivity index (χ1) is 13.7. The molecule has 0 unspecified atom stereocenters. The Bertz CT molecular complexity index is 958. The Kier molecular flexibility index (Phi) is 6.11. The van der Waals surface area contributed by atoms with Gasteiger partial charge < -0.3 is 10.0 Å². The SMILES string of the molecule is O=[N+]([O-])c1cc(Br)c(O)c(C=Nc2cc(C(F)(F)F)ccc2N2CCCCC2)c1. The highest BCUT2D eigenvalue weighted by Crippen LogP contribution is 2.38. The van der Waals surface area contributed by atoms with E-state index >= 15 is 0 Å². The fraction of sp³-hybridized carbons (Fsp3) is 0.316. The highest BCUT2D eigenvalue weighted by molar-refractivity contribution is 9.10. The minimum Gasteiger partial charge on any atom is -0.506 e. The van der Waals surface area contributed by atoms with Crippen LogP contribution in [-0.2, 0) is 6.18 Å². The summed E-state index contributed by atoms with van der Waals surface area (Å²) >= 11 is 3.03. The molecule has 154 valence electrons. The molecule has 0 radical (unpaired) electrons. The maximum absolute atomic E-state index is 13.2. The standard InChI is InChI=1S/C19H17BrF3N3O3/c20-15-10-14(26(28)29)8-12(18(15)27)11-24-16-9-13(19(21,22)23)4-5-17(16)25-6-2-1-3-7-25/h4-5,8-11,27H,1-3,6-7H2. The van der Waals surface area contributed by atoms with E-state index in [0.29, 0.717) is 18.8 Å². The van der Waals surface area contributed by atoms with Crippen LogP contribution >= 0.6 is 15.9 Å². The van der Waals surface area contributed by atoms with Crippen molar-refractivity contribution < 1.29 is 23.2 Å². The van der Waals surface area contributed by atoms with E-state index in [1.807, 2.05) is 4.90 Å². The zero-order valence-electron chi connectivity index (χ0n) is 15.1. The third-order valence-electron chi connectivity index (χ3n) is 4.63. The average Bonchev–Trinajstić information content (AvgIpc) is 2.68. The van der Waals surface area contributed by atoms with Crippen molar-refractivity contribution in [3.8, 4) is 5.75 Å². The summed E-state index contributed by atoms with van der Waals surface area (Å²) in [6, 6.07) is 5.60. The van der Waals surface area contributed by atoms with E-state index < -0.39 is 16.7 Å². The molecule has 1 aliphatic heterocycles. The van der Waals surface area contributed by atoms with Crippen molar-refractivity contribution in [3.63, 3.8) is 0 Å². The minimum atomic E-state index is -4.53. The van der Waals surface area contributed by atoms with Crippen LogP contribution in [0.3, 0.4) is 0 Å². The summed E-state index contributed by atoms with van der Waals surface area (Å²) in [6.45, 7) is 1.42. The molecule has 29 heavy (non-hydrogen) atoms. The highest BCUT2D eigenvalue weighted by atomic mass is 79.9. The topological polar surface area (TPSA) is 79.0 Å². The molecular weight excluding hydrogens is 455 g/mol. The highest BCUT2D eigenvalue weighted by Gasteiger charge is 2.31. The number of rotatable bonds is 4. The number of hydrogen-bond donors (Lipinski definition) is 1. The van der Waals surface area contributed by atoms with Crippen LogP contribution in [0.4, 0.5) is 30.2 Å². The fourth-order valence-corrected chi connectivity index (χ4v) is 3.62. The molecule has 0 spiro atoms. The summed E-state index contributed by atoms with van der Waals surface area (Å²) in [5, 5.41) is 21.2. The average molecular weight is 472 g/mol. The van der Waals surface area contributed by atoms with Crippen molar-refractivity contribution in [2.45, 2.75) is 25.4 Å². The normalized spacial score (nSPS) is 15.1. The quantitative estimate of drug-likeness (QED) is 0.346. The second kappa shape index (κ2) is 8.40. The van der Waals surface area contributed by atoms with E-state index in [1.54, 1.807) is 0 Å². The molecule has 2 aromatic rings. The van der Waals surface area contributed by atoms with Gasteiger partial charge in [0.05, 0.1) is 26.3 Å². The molecule has 0 bridgehead atoms. The molecule has 3 rings (SSSR count). The van der Waals surface area contributed by atoms with Crippen LogP contribution < -0.4 is 4.90 Å². The summed E-state index contributed by atoms with van der Waals surface area (Å²) in [5.74, 6) is -0.286. The zero-order chi connectivity index (χ0) is 21.2. The Balaban J connectivity index is 2.05. The number of non-ortho nitro benzene ring substituents is 1. The third-order valence-corrected chi connectivity index (χ3v) is 5.24. The Labute approximate surface area is 173 Å². The van der Waals surface area contributed by atoms with Crippen molar-refractivity contribution >= 4 is 39.2 Å². The van der Waals surface area contributed by atoms with Gasteiger partial charge in [0.2, 0.25) is 0 Å². The minimum absolute atomic E-state index is 0.0214. The van der Waals surface area contributed by atoms with Gasteiger partial charge in [0.25, 0.3) is 5.69 Å². The number of hydrogen-bond acceptors (Lipinski definition) is 5. The third kappa shape index (κ3) is 4.87. The molecule has 0 aliphatic carbocycles. The molecule has 1 heterocycles. The molecule has 2 aromatic carbocycles. The van der Waals surface area contributed by atoms with Gasteiger partial charge in [-0.2, -0.15) is 13.2 Å². The van der Waals surface area contributed by atoms with Crippen LogP contribution in [0, 0.1) is 10.1 Å². The van der Waals surface area contributed by atoms with E-state index in [2.05, 4.69) is 20.9 Å². The summed E-state index contributed by atoms with van der Waals surface area (Å²) in [4.78, 5) is 16.5. The van der Waals surface area contributed by atoms with Gasteiger partial charge >= 0.3 is 6.18 Å². The van der Waals surface area contributed by atoms with E-state index in [1.165, 1.54) is 6.07 Å². The number of phenolic OH excluding ortho intramolecular Hbond substituents is 1. The summed E-state index contributed by atoms with van der Waals surface area (Å²) in [6.07, 6.45) is -0.464. The number of aliphatic imine (C=N–C) groups is 1. The first-order valence-electron chi connectivity index (χ1n) is 8.84. The van der Waals surface area contributed by atoms with Crippen molar-refractivity contribution in [1.82, 2.24) is 0 Å². The summed E-state index contributed by atoms with van der Waals surface area (Å²) in [7, 11) is 0. The number of anilines is 1. The van der Waals surface area contributed by atoms with Crippen molar-refractivity contribution in [2.75, 3.05) is 18.0 Å². The van der Waals surface area contributed by atoms with Crippen molar-refractivity contribution in [2.24, 2.45) is 4.99 Å². The first kappa shape index (κ1) is 21.1. The van der Waals surface area contributed by atoms with Crippen LogP contribution in [0.2, 0.25) is 0 Å². The van der Waals surface area contributed by atoms with Crippen molar-refractivity contribution in [3.05, 3.63) is 56.0 Å². The number of alkyl halides is 3. The van der Waals surface area contributed by atoms with Crippen LogP contribution in [0.15, 0.2) is 39.8 Å². The van der Waals surface area contributed by atoms with Crippen molar-refractivity contribution in [1.29, 1.82) is 0 Å². The molecule has 0 atom stereocenters. The van der Waals surface area contributed by atoms with E-state index in [-0.39, 0.29) is 27.2 Å². The number of benzene rings is 2. The van der Waals surface area contributed by atoms with Gasteiger partial charge in [-0.25, -0.2) is 0 Å². The lowest BCUT2D eigenvalue weighted by molar-refractivity contribution is -0.385. The number of aromatic hydroxyl groups is 1. The van der Waals surface area contributed by atoms with Crippen LogP contribution in [0.1, 0.15) is 30.4 Å². The molecule has 6 nitrogen and oxygen atoms in total. The number of nitrogens with zero attached hydrogens (tertiary/aromatic N) is 3. The van der Waals surface area contributed by atoms with E-state index in [9.17, 15) is 28.4 Å². The number of nitro benzene ring substituents is 1. The number of phenols is 1. The van der Waals surface area contributed by atoms with Gasteiger partial charge in [0, 0.05) is 37.0 Å². The summed E-state index contributed by atoms with van der Waals surface area (Å²) < 4.78 is 39.6. The van der Waals surface area contributed by atoms with E-state index in [4.69, 9.17) is 0 Å². The predicted molar refractivity (Wildman–Crippen MR) is 107 cm³/mol. The molecule has 1 aliphatic rings. The lowest BCUT2D eigenvalue weighted by atomic mass is 10.1. The molecule has 1 fully saturated rings. The van der Waals surface area contributed by atoms with Crippen LogP contribution in [-0.4, -0.2) is 29.3 Å². The lowest BCUT2D eigenvalue weighted by Crippen LogP contribution is -2.29. The summed E-state index contributed by atoms with van der Waals surface area (Å²) in [5.41, 5.74) is -0.457. The maximum atomic E-state index is 13.2. The predicted octanol–water partition coefficient (Wildman–Crippen LogP) is 5.82. The number of piperidine rings is 1.